The first-order valence-electron chi connectivity index (χ1n) is 9.19. The number of fused-ring (bicyclic) bond motifs is 1. The molecule has 1 aliphatic carbocycles. The lowest BCUT2D eigenvalue weighted by Gasteiger charge is -2.26. The van der Waals surface area contributed by atoms with E-state index in [1.165, 1.54) is 0 Å². The van der Waals surface area contributed by atoms with Crippen molar-refractivity contribution in [3.63, 3.8) is 0 Å². The molecule has 2 amide bonds. The molecule has 6 nitrogen and oxygen atoms in total. The topological polar surface area (TPSA) is 75.2 Å². The first-order valence-corrected chi connectivity index (χ1v) is 9.19. The summed E-state index contributed by atoms with van der Waals surface area (Å²) < 4.78 is 0. The van der Waals surface area contributed by atoms with Crippen molar-refractivity contribution in [3.8, 4) is 11.4 Å². The Morgan fingerprint density at radius 2 is 2.04 bits per heavy atom. The first-order chi connectivity index (χ1) is 12.7. The second-order valence-corrected chi connectivity index (χ2v) is 6.89. The van der Waals surface area contributed by atoms with Crippen LogP contribution >= 0.6 is 0 Å². The second-order valence-electron chi connectivity index (χ2n) is 6.89. The maximum Gasteiger partial charge on any atom is 0.240 e. The lowest BCUT2D eigenvalue weighted by molar-refractivity contribution is -0.133. The van der Waals surface area contributed by atoms with Gasteiger partial charge in [-0.2, -0.15) is 0 Å². The summed E-state index contributed by atoms with van der Waals surface area (Å²) in [6.07, 6.45) is 5.99. The standard InChI is InChI=1S/C20H22N4O2/c25-18(13-24-11-5-10-19(24)26)22-16-8-4-9-17-15(16)12-21-20(23-17)14-6-2-1-3-7-14/h1-3,6-7,12,16H,4-5,8-11,13H2,(H,22,25)/t16-/m0/s1. The molecule has 0 bridgehead atoms. The molecule has 1 atom stereocenters. The highest BCUT2D eigenvalue weighted by Gasteiger charge is 2.27. The van der Waals surface area contributed by atoms with Gasteiger partial charge in [0.05, 0.1) is 12.6 Å². The van der Waals surface area contributed by atoms with Crippen molar-refractivity contribution < 1.29 is 9.59 Å². The third-order valence-electron chi connectivity index (χ3n) is 5.05. The minimum atomic E-state index is -0.106. The Morgan fingerprint density at radius 1 is 1.19 bits per heavy atom. The number of carbonyl (C=O) groups excluding carboxylic acids is 2. The van der Waals surface area contributed by atoms with Crippen molar-refractivity contribution in [3.05, 3.63) is 47.8 Å². The summed E-state index contributed by atoms with van der Waals surface area (Å²) in [6, 6.07) is 9.84. The fourth-order valence-corrected chi connectivity index (χ4v) is 3.71. The molecule has 1 saturated heterocycles. The van der Waals surface area contributed by atoms with Gasteiger partial charge in [-0.15, -0.1) is 0 Å². The Kier molecular flexibility index (Phi) is 4.65. The summed E-state index contributed by atoms with van der Waals surface area (Å²) in [5.41, 5.74) is 3.00. The minimum absolute atomic E-state index is 0.0695. The summed E-state index contributed by atoms with van der Waals surface area (Å²) in [5, 5.41) is 3.07. The first kappa shape index (κ1) is 16.7. The Labute approximate surface area is 152 Å². The van der Waals surface area contributed by atoms with Gasteiger partial charge in [0.25, 0.3) is 0 Å². The summed E-state index contributed by atoms with van der Waals surface area (Å²) >= 11 is 0. The van der Waals surface area contributed by atoms with E-state index in [2.05, 4.69) is 10.3 Å². The van der Waals surface area contributed by atoms with E-state index in [0.29, 0.717) is 13.0 Å². The SMILES string of the molecule is O=C(CN1CCCC1=O)N[C@H]1CCCc2nc(-c3ccccc3)ncc21. The van der Waals surface area contributed by atoms with Gasteiger partial charge in [0.2, 0.25) is 11.8 Å². The van der Waals surface area contributed by atoms with E-state index in [-0.39, 0.29) is 24.4 Å². The zero-order valence-electron chi connectivity index (χ0n) is 14.6. The number of amides is 2. The van der Waals surface area contributed by atoms with Gasteiger partial charge in [-0.1, -0.05) is 30.3 Å². The van der Waals surface area contributed by atoms with Crippen LogP contribution in [0, 0.1) is 0 Å². The van der Waals surface area contributed by atoms with E-state index in [4.69, 9.17) is 4.98 Å². The summed E-state index contributed by atoms with van der Waals surface area (Å²) in [4.78, 5) is 34.9. The van der Waals surface area contributed by atoms with Gasteiger partial charge < -0.3 is 10.2 Å². The fourth-order valence-electron chi connectivity index (χ4n) is 3.71. The molecule has 2 heterocycles. The maximum absolute atomic E-state index is 12.4. The van der Waals surface area contributed by atoms with Crippen molar-refractivity contribution in [1.29, 1.82) is 0 Å². The molecule has 1 N–H and O–H groups in total. The van der Waals surface area contributed by atoms with E-state index >= 15 is 0 Å². The van der Waals surface area contributed by atoms with Crippen LogP contribution in [0.2, 0.25) is 0 Å². The second kappa shape index (κ2) is 7.23. The fraction of sp³-hybridized carbons (Fsp3) is 0.400. The molecule has 1 aromatic heterocycles. The highest BCUT2D eigenvalue weighted by atomic mass is 16.2. The number of rotatable bonds is 4. The Bertz CT molecular complexity index is 822. The lowest BCUT2D eigenvalue weighted by Crippen LogP contribution is -2.40. The van der Waals surface area contributed by atoms with Gasteiger partial charge in [-0.05, 0) is 25.7 Å². The Hall–Kier alpha value is -2.76. The number of nitrogens with one attached hydrogen (secondary N) is 1. The van der Waals surface area contributed by atoms with E-state index in [1.807, 2.05) is 36.5 Å². The van der Waals surface area contributed by atoms with Gasteiger partial charge in [-0.3, -0.25) is 9.59 Å². The molecule has 2 aliphatic rings. The number of aromatic nitrogens is 2. The quantitative estimate of drug-likeness (QED) is 0.918. The van der Waals surface area contributed by atoms with Gasteiger partial charge in [0.15, 0.2) is 5.82 Å². The number of hydrogen-bond acceptors (Lipinski definition) is 4. The molecule has 4 rings (SSSR count). The molecule has 134 valence electrons. The van der Waals surface area contributed by atoms with Crippen molar-refractivity contribution in [1.82, 2.24) is 20.2 Å². The van der Waals surface area contributed by atoms with Crippen molar-refractivity contribution in [2.45, 2.75) is 38.1 Å². The van der Waals surface area contributed by atoms with Crippen molar-refractivity contribution in [2.24, 2.45) is 0 Å². The van der Waals surface area contributed by atoms with Gasteiger partial charge in [0.1, 0.15) is 0 Å². The van der Waals surface area contributed by atoms with Gasteiger partial charge in [0, 0.05) is 36.0 Å². The van der Waals surface area contributed by atoms with Gasteiger partial charge >= 0.3 is 0 Å². The summed E-state index contributed by atoms with van der Waals surface area (Å²) in [5.74, 6) is 0.684. The molecule has 1 aliphatic heterocycles. The highest BCUT2D eigenvalue weighted by Crippen LogP contribution is 2.29. The average molecular weight is 350 g/mol. The minimum Gasteiger partial charge on any atom is -0.348 e. The molecular formula is C20H22N4O2. The monoisotopic (exact) mass is 350 g/mol. The van der Waals surface area contributed by atoms with Crippen LogP contribution in [0.3, 0.4) is 0 Å². The van der Waals surface area contributed by atoms with Crippen molar-refractivity contribution >= 4 is 11.8 Å². The third-order valence-corrected chi connectivity index (χ3v) is 5.05. The van der Waals surface area contributed by atoms with Crippen LogP contribution in [0.25, 0.3) is 11.4 Å². The number of benzene rings is 1. The average Bonchev–Trinajstić information content (AvgIpc) is 3.07. The number of aryl methyl sites for hydroxylation is 1. The molecule has 1 fully saturated rings. The van der Waals surface area contributed by atoms with Crippen LogP contribution in [-0.4, -0.2) is 39.8 Å². The zero-order chi connectivity index (χ0) is 17.9. The smallest absolute Gasteiger partial charge is 0.240 e. The highest BCUT2D eigenvalue weighted by molar-refractivity contribution is 5.86. The predicted molar refractivity (Wildman–Crippen MR) is 97.1 cm³/mol. The molecule has 26 heavy (non-hydrogen) atoms. The molecule has 2 aromatic rings. The van der Waals surface area contributed by atoms with Crippen LogP contribution in [0.1, 0.15) is 43.0 Å². The summed E-state index contributed by atoms with van der Waals surface area (Å²) in [6.45, 7) is 0.824. The molecule has 0 radical (unpaired) electrons. The van der Waals surface area contributed by atoms with Gasteiger partial charge in [-0.25, -0.2) is 9.97 Å². The molecule has 6 heteroatoms. The van der Waals surface area contributed by atoms with Crippen LogP contribution in [0.4, 0.5) is 0 Å². The van der Waals surface area contributed by atoms with Crippen LogP contribution in [0.15, 0.2) is 36.5 Å². The van der Waals surface area contributed by atoms with E-state index < -0.39 is 0 Å². The maximum atomic E-state index is 12.4. The molecular weight excluding hydrogens is 328 g/mol. The van der Waals surface area contributed by atoms with Crippen LogP contribution in [-0.2, 0) is 16.0 Å². The van der Waals surface area contributed by atoms with E-state index in [9.17, 15) is 9.59 Å². The Morgan fingerprint density at radius 3 is 2.81 bits per heavy atom. The normalized spacial score (nSPS) is 19.3. The number of carbonyl (C=O) groups is 2. The number of nitrogens with zero attached hydrogens (tertiary/aromatic N) is 3. The molecule has 1 aromatic carbocycles. The third kappa shape index (κ3) is 3.45. The van der Waals surface area contributed by atoms with E-state index in [1.54, 1.807) is 4.90 Å². The molecule has 0 spiro atoms. The number of likely N-dealkylation sites (tertiary alicyclic amines) is 1. The molecule has 0 unspecified atom stereocenters. The predicted octanol–water partition coefficient (Wildman–Crippen LogP) is 2.26. The largest absolute Gasteiger partial charge is 0.348 e. The van der Waals surface area contributed by atoms with E-state index in [0.717, 1.165) is 48.3 Å². The zero-order valence-corrected chi connectivity index (χ0v) is 14.6. The Balaban J connectivity index is 1.48. The van der Waals surface area contributed by atoms with Crippen molar-refractivity contribution in [2.75, 3.05) is 13.1 Å². The lowest BCUT2D eigenvalue weighted by atomic mass is 9.92. The van der Waals surface area contributed by atoms with Crippen LogP contribution < -0.4 is 5.32 Å². The van der Waals surface area contributed by atoms with Crippen LogP contribution in [0.5, 0.6) is 0 Å². The molecule has 0 saturated carbocycles. The number of hydrogen-bond donors (Lipinski definition) is 1. The summed E-state index contributed by atoms with van der Waals surface area (Å²) in [7, 11) is 0.